The Labute approximate surface area is 56.7 Å². The number of aromatic nitrogens is 5. The van der Waals surface area contributed by atoms with Crippen LogP contribution < -0.4 is 0 Å². The predicted octanol–water partition coefficient (Wildman–Crippen LogP) is -0.172. The minimum Gasteiger partial charge on any atom is -0.216 e. The summed E-state index contributed by atoms with van der Waals surface area (Å²) in [6, 6.07) is 0. The molecular weight excluding hydrogens is 130 g/mol. The topological polar surface area (TPSA) is 56.0 Å². The molecule has 0 unspecified atom stereocenters. The van der Waals surface area contributed by atoms with Gasteiger partial charge in [-0.05, 0) is 6.92 Å². The standard InChI is InChI=1S/C5H5N5/c1-4-2-6-5-9-7-3-8-10(4)5/h2-3H,1H3. The smallest absolute Gasteiger partial charge is 0.216 e. The average Bonchev–Trinajstić information content (AvgIpc) is 2.34. The van der Waals surface area contributed by atoms with E-state index in [2.05, 4.69) is 20.3 Å². The third-order valence-electron chi connectivity index (χ3n) is 1.26. The van der Waals surface area contributed by atoms with Crippen LogP contribution in [0.4, 0.5) is 0 Å². The highest BCUT2D eigenvalue weighted by Crippen LogP contribution is 1.95. The van der Waals surface area contributed by atoms with Crippen LogP contribution in [0.15, 0.2) is 12.5 Å². The van der Waals surface area contributed by atoms with Crippen molar-refractivity contribution in [3.63, 3.8) is 0 Å². The molecule has 2 aromatic rings. The molecule has 50 valence electrons. The van der Waals surface area contributed by atoms with Gasteiger partial charge in [0.15, 0.2) is 6.33 Å². The molecule has 0 aliphatic heterocycles. The van der Waals surface area contributed by atoms with E-state index in [1.165, 1.54) is 6.33 Å². The third kappa shape index (κ3) is 0.570. The number of hydrogen-bond donors (Lipinski definition) is 0. The Morgan fingerprint density at radius 3 is 3.20 bits per heavy atom. The van der Waals surface area contributed by atoms with Gasteiger partial charge in [0.25, 0.3) is 5.78 Å². The molecular formula is C5H5N5. The number of rotatable bonds is 0. The van der Waals surface area contributed by atoms with E-state index in [-0.39, 0.29) is 0 Å². The minimum absolute atomic E-state index is 0.542. The summed E-state index contributed by atoms with van der Waals surface area (Å²) in [6.45, 7) is 1.91. The third-order valence-corrected chi connectivity index (χ3v) is 1.26. The molecule has 0 N–H and O–H groups in total. The second-order valence-electron chi connectivity index (χ2n) is 1.96. The van der Waals surface area contributed by atoms with Crippen LogP contribution in [0.25, 0.3) is 5.78 Å². The fraction of sp³-hybridized carbons (Fsp3) is 0.200. The molecule has 0 amide bonds. The molecule has 0 aliphatic rings. The van der Waals surface area contributed by atoms with E-state index < -0.39 is 0 Å². The highest BCUT2D eigenvalue weighted by atomic mass is 15.4. The molecule has 0 spiro atoms. The largest absolute Gasteiger partial charge is 0.270 e. The quantitative estimate of drug-likeness (QED) is 0.503. The van der Waals surface area contributed by atoms with Crippen molar-refractivity contribution in [2.75, 3.05) is 0 Å². The van der Waals surface area contributed by atoms with Crippen LogP contribution in [0.2, 0.25) is 0 Å². The Morgan fingerprint density at radius 1 is 1.50 bits per heavy atom. The first-order valence-electron chi connectivity index (χ1n) is 2.86. The lowest BCUT2D eigenvalue weighted by atomic mass is 10.6. The van der Waals surface area contributed by atoms with Gasteiger partial charge in [-0.3, -0.25) is 0 Å². The lowest BCUT2D eigenvalue weighted by molar-refractivity contribution is 0.807. The molecule has 0 atom stereocenters. The van der Waals surface area contributed by atoms with Gasteiger partial charge in [0.1, 0.15) is 0 Å². The number of imidazole rings is 1. The first kappa shape index (κ1) is 5.28. The van der Waals surface area contributed by atoms with E-state index in [4.69, 9.17) is 0 Å². The van der Waals surface area contributed by atoms with Crippen molar-refractivity contribution in [2.24, 2.45) is 0 Å². The summed E-state index contributed by atoms with van der Waals surface area (Å²) in [7, 11) is 0. The van der Waals surface area contributed by atoms with Crippen molar-refractivity contribution in [1.29, 1.82) is 0 Å². The fourth-order valence-electron chi connectivity index (χ4n) is 0.781. The number of fused-ring (bicyclic) bond motifs is 1. The molecule has 10 heavy (non-hydrogen) atoms. The van der Waals surface area contributed by atoms with Crippen LogP contribution >= 0.6 is 0 Å². The number of hydrogen-bond acceptors (Lipinski definition) is 4. The van der Waals surface area contributed by atoms with Crippen molar-refractivity contribution in [1.82, 2.24) is 24.8 Å². The molecule has 0 bridgehead atoms. The van der Waals surface area contributed by atoms with E-state index >= 15 is 0 Å². The Kier molecular flexibility index (Phi) is 0.913. The molecule has 5 nitrogen and oxygen atoms in total. The molecule has 0 fully saturated rings. The van der Waals surface area contributed by atoms with Crippen molar-refractivity contribution in [3.8, 4) is 0 Å². The molecule has 0 radical (unpaired) electrons. The van der Waals surface area contributed by atoms with Crippen LogP contribution in [0, 0.1) is 6.92 Å². The second kappa shape index (κ2) is 1.73. The van der Waals surface area contributed by atoms with E-state index in [9.17, 15) is 0 Å². The zero-order valence-corrected chi connectivity index (χ0v) is 5.39. The average molecular weight is 135 g/mol. The van der Waals surface area contributed by atoms with Crippen molar-refractivity contribution in [2.45, 2.75) is 6.92 Å². The van der Waals surface area contributed by atoms with E-state index in [0.29, 0.717) is 5.78 Å². The van der Waals surface area contributed by atoms with Crippen LogP contribution in [0.5, 0.6) is 0 Å². The Morgan fingerprint density at radius 2 is 2.40 bits per heavy atom. The first-order valence-corrected chi connectivity index (χ1v) is 2.86. The highest BCUT2D eigenvalue weighted by molar-refractivity contribution is 5.25. The van der Waals surface area contributed by atoms with Crippen LogP contribution in [0.1, 0.15) is 5.69 Å². The Hall–Kier alpha value is -1.52. The van der Waals surface area contributed by atoms with E-state index in [0.717, 1.165) is 5.69 Å². The van der Waals surface area contributed by atoms with Gasteiger partial charge >= 0.3 is 0 Å². The minimum atomic E-state index is 0.542. The molecule has 5 heteroatoms. The lowest BCUT2D eigenvalue weighted by Crippen LogP contribution is -1.96. The summed E-state index contributed by atoms with van der Waals surface area (Å²) in [5, 5.41) is 11.2. The SMILES string of the molecule is Cc1cnc2nncnn12. The maximum absolute atomic E-state index is 3.95. The summed E-state index contributed by atoms with van der Waals surface area (Å²) >= 11 is 0. The summed E-state index contributed by atoms with van der Waals surface area (Å²) in [4.78, 5) is 3.95. The predicted molar refractivity (Wildman–Crippen MR) is 33.3 cm³/mol. The van der Waals surface area contributed by atoms with Gasteiger partial charge in [-0.1, -0.05) is 0 Å². The summed E-state index contributed by atoms with van der Waals surface area (Å²) in [5.41, 5.74) is 0.963. The monoisotopic (exact) mass is 135 g/mol. The fourth-order valence-corrected chi connectivity index (χ4v) is 0.781. The number of nitrogens with zero attached hydrogens (tertiary/aromatic N) is 5. The molecule has 0 saturated carbocycles. The van der Waals surface area contributed by atoms with Crippen molar-refractivity contribution in [3.05, 3.63) is 18.2 Å². The van der Waals surface area contributed by atoms with Crippen LogP contribution in [0.3, 0.4) is 0 Å². The number of aryl methyl sites for hydroxylation is 1. The molecule has 0 aliphatic carbocycles. The highest BCUT2D eigenvalue weighted by Gasteiger charge is 1.97. The van der Waals surface area contributed by atoms with Crippen LogP contribution in [-0.4, -0.2) is 24.8 Å². The van der Waals surface area contributed by atoms with Gasteiger partial charge in [0.05, 0.1) is 11.9 Å². The van der Waals surface area contributed by atoms with Gasteiger partial charge in [-0.2, -0.15) is 9.61 Å². The summed E-state index contributed by atoms with van der Waals surface area (Å²) in [6.07, 6.45) is 3.10. The molecule has 0 aromatic carbocycles. The molecule has 2 rings (SSSR count). The Balaban J connectivity index is 2.93. The van der Waals surface area contributed by atoms with E-state index in [1.807, 2.05) is 6.92 Å². The van der Waals surface area contributed by atoms with E-state index in [1.54, 1.807) is 10.7 Å². The maximum Gasteiger partial charge on any atom is 0.270 e. The van der Waals surface area contributed by atoms with Crippen LogP contribution in [-0.2, 0) is 0 Å². The summed E-state index contributed by atoms with van der Waals surface area (Å²) < 4.78 is 1.63. The van der Waals surface area contributed by atoms with Gasteiger partial charge in [0, 0.05) is 0 Å². The molecule has 2 aromatic heterocycles. The Bertz CT molecular complexity index is 352. The molecule has 2 heterocycles. The van der Waals surface area contributed by atoms with Crippen molar-refractivity contribution < 1.29 is 0 Å². The normalized spacial score (nSPS) is 10.5. The van der Waals surface area contributed by atoms with Gasteiger partial charge in [-0.25, -0.2) is 4.98 Å². The van der Waals surface area contributed by atoms with Crippen molar-refractivity contribution >= 4 is 5.78 Å². The van der Waals surface area contributed by atoms with Gasteiger partial charge < -0.3 is 0 Å². The maximum atomic E-state index is 3.95. The van der Waals surface area contributed by atoms with Gasteiger partial charge in [0.2, 0.25) is 0 Å². The van der Waals surface area contributed by atoms with Gasteiger partial charge in [-0.15, -0.1) is 10.2 Å². The zero-order chi connectivity index (χ0) is 6.97. The summed E-state index contributed by atoms with van der Waals surface area (Å²) in [5.74, 6) is 0.542. The first-order chi connectivity index (χ1) is 4.88. The molecule has 0 saturated heterocycles. The lowest BCUT2D eigenvalue weighted by Gasteiger charge is -1.88. The second-order valence-corrected chi connectivity index (χ2v) is 1.96. The zero-order valence-electron chi connectivity index (χ0n) is 5.39.